The van der Waals surface area contributed by atoms with Gasteiger partial charge in [-0.05, 0) is 57.4 Å². The Kier molecular flexibility index (Phi) is 8.43. The smallest absolute Gasteiger partial charge is 0.338 e. The first kappa shape index (κ1) is 26.6. The van der Waals surface area contributed by atoms with Crippen molar-refractivity contribution in [1.82, 2.24) is 14.8 Å². The van der Waals surface area contributed by atoms with Crippen LogP contribution in [0.2, 0.25) is 0 Å². The topological polar surface area (TPSA) is 87.5 Å². The molecule has 4 rings (SSSR count). The quantitative estimate of drug-likeness (QED) is 0.259. The van der Waals surface area contributed by atoms with Gasteiger partial charge in [-0.15, -0.1) is 5.10 Å². The monoisotopic (exact) mass is 522 g/mol. The van der Waals surface area contributed by atoms with Gasteiger partial charge in [0.05, 0.1) is 18.8 Å². The molecule has 2 heterocycles. The number of nitrogens with one attached hydrogen (secondary N) is 1. The molecule has 8 nitrogen and oxygen atoms in total. The van der Waals surface area contributed by atoms with Crippen molar-refractivity contribution < 1.29 is 19.0 Å². The van der Waals surface area contributed by atoms with Gasteiger partial charge in [0.2, 0.25) is 11.1 Å². The summed E-state index contributed by atoms with van der Waals surface area (Å²) >= 11 is 1.59. The number of aromatic nitrogens is 3. The summed E-state index contributed by atoms with van der Waals surface area (Å²) in [6, 6.07) is 13.4. The van der Waals surface area contributed by atoms with Crippen LogP contribution in [-0.4, -0.2) is 39.7 Å². The zero-order valence-electron chi connectivity index (χ0n) is 22.2. The molecule has 196 valence electrons. The molecule has 0 spiro atoms. The Morgan fingerprint density at radius 2 is 1.89 bits per heavy atom. The summed E-state index contributed by atoms with van der Waals surface area (Å²) in [5, 5.41) is 8.65. The highest BCUT2D eigenvalue weighted by Gasteiger charge is 2.36. The average molecular weight is 523 g/mol. The van der Waals surface area contributed by atoms with Crippen LogP contribution in [-0.2, 0) is 16.1 Å². The summed E-state index contributed by atoms with van der Waals surface area (Å²) in [7, 11) is 1.61. The van der Waals surface area contributed by atoms with E-state index in [0.717, 1.165) is 23.3 Å². The maximum atomic E-state index is 13.3. The number of aryl methyl sites for hydroxylation is 1. The first-order valence-electron chi connectivity index (χ1n) is 12.4. The number of anilines is 1. The van der Waals surface area contributed by atoms with E-state index in [2.05, 4.69) is 36.3 Å². The van der Waals surface area contributed by atoms with E-state index in [1.165, 1.54) is 5.56 Å². The number of thioether (sulfide) groups is 1. The molecule has 2 aromatic carbocycles. The van der Waals surface area contributed by atoms with Gasteiger partial charge < -0.3 is 19.5 Å². The summed E-state index contributed by atoms with van der Waals surface area (Å²) in [5.74, 6) is 2.28. The summed E-state index contributed by atoms with van der Waals surface area (Å²) in [4.78, 5) is 17.9. The molecule has 37 heavy (non-hydrogen) atoms. The third-order valence-electron chi connectivity index (χ3n) is 5.85. The summed E-state index contributed by atoms with van der Waals surface area (Å²) < 4.78 is 19.1. The lowest BCUT2D eigenvalue weighted by molar-refractivity contribution is -0.143. The lowest BCUT2D eigenvalue weighted by atomic mass is 9.95. The minimum absolute atomic E-state index is 0.256. The maximum absolute atomic E-state index is 13.3. The van der Waals surface area contributed by atoms with E-state index < -0.39 is 12.0 Å². The second kappa shape index (κ2) is 11.7. The van der Waals surface area contributed by atoms with Gasteiger partial charge in [-0.3, -0.25) is 0 Å². The van der Waals surface area contributed by atoms with E-state index in [-0.39, 0.29) is 6.10 Å². The Hall–Kier alpha value is -3.46. The fraction of sp³-hybridized carbons (Fsp3) is 0.393. The molecule has 3 aromatic rings. The van der Waals surface area contributed by atoms with Gasteiger partial charge in [-0.1, -0.05) is 54.6 Å². The zero-order valence-corrected chi connectivity index (χ0v) is 23.0. The molecule has 0 saturated carbocycles. The second-order valence-corrected chi connectivity index (χ2v) is 10.3. The van der Waals surface area contributed by atoms with Crippen LogP contribution >= 0.6 is 11.8 Å². The van der Waals surface area contributed by atoms with Gasteiger partial charge in [-0.25, -0.2) is 9.48 Å². The molecule has 0 bridgehead atoms. The number of hydrogen-bond donors (Lipinski definition) is 1. The molecule has 1 N–H and O–H groups in total. The minimum atomic E-state index is -0.536. The molecule has 0 saturated heterocycles. The SMILES string of the molecule is CCCSc1nc2n(n1)C(c1ccc(OCc3ccc(C)cc3)c(OC)c1)C(C(=O)OC(C)C)=C(C)N2. The fourth-order valence-corrected chi connectivity index (χ4v) is 4.74. The molecular formula is C28H34N4O4S. The fourth-order valence-electron chi connectivity index (χ4n) is 4.05. The van der Waals surface area contributed by atoms with E-state index >= 15 is 0 Å². The van der Waals surface area contributed by atoms with E-state index in [0.29, 0.717) is 40.5 Å². The van der Waals surface area contributed by atoms with Crippen LogP contribution in [0.4, 0.5) is 5.95 Å². The van der Waals surface area contributed by atoms with Crippen molar-refractivity contribution in [1.29, 1.82) is 0 Å². The highest BCUT2D eigenvalue weighted by Crippen LogP contribution is 2.40. The lowest BCUT2D eigenvalue weighted by Crippen LogP contribution is -2.30. The molecule has 0 radical (unpaired) electrons. The van der Waals surface area contributed by atoms with Crippen LogP contribution in [0.25, 0.3) is 0 Å². The van der Waals surface area contributed by atoms with Crippen molar-refractivity contribution in [2.75, 3.05) is 18.2 Å². The Labute approximate surface area is 222 Å². The van der Waals surface area contributed by atoms with E-state index in [1.54, 1.807) is 23.6 Å². The predicted octanol–water partition coefficient (Wildman–Crippen LogP) is 5.92. The number of esters is 1. The Balaban J connectivity index is 1.70. The standard InChI is InChI=1S/C28H34N4O4S/c1-7-14-37-28-30-27-29-19(5)24(26(33)36-17(2)3)25(32(27)31-28)21-12-13-22(23(15-21)34-6)35-16-20-10-8-18(4)9-11-20/h8-13,15,17,25H,7,14,16H2,1-6H3,(H,29,30,31). The molecule has 0 amide bonds. The molecule has 9 heteroatoms. The van der Waals surface area contributed by atoms with Crippen molar-refractivity contribution in [2.45, 2.75) is 64.9 Å². The summed E-state index contributed by atoms with van der Waals surface area (Å²) in [5.41, 5.74) is 4.24. The third-order valence-corrected chi connectivity index (χ3v) is 6.89. The highest BCUT2D eigenvalue weighted by atomic mass is 32.2. The van der Waals surface area contributed by atoms with Crippen molar-refractivity contribution >= 4 is 23.7 Å². The van der Waals surface area contributed by atoms with Crippen LogP contribution in [0.1, 0.15) is 56.8 Å². The van der Waals surface area contributed by atoms with E-state index in [1.807, 2.05) is 51.1 Å². The lowest BCUT2D eigenvalue weighted by Gasteiger charge is -2.29. The third kappa shape index (κ3) is 6.10. The number of carbonyl (C=O) groups excluding carboxylic acids is 1. The van der Waals surface area contributed by atoms with Crippen LogP contribution in [0, 0.1) is 6.92 Å². The Morgan fingerprint density at radius 3 is 2.57 bits per heavy atom. The number of allylic oxidation sites excluding steroid dienone is 1. The van der Waals surface area contributed by atoms with Gasteiger partial charge in [0.1, 0.15) is 12.6 Å². The molecule has 1 aromatic heterocycles. The van der Waals surface area contributed by atoms with Crippen molar-refractivity contribution in [2.24, 2.45) is 0 Å². The first-order chi connectivity index (χ1) is 17.8. The number of benzene rings is 2. The van der Waals surface area contributed by atoms with Gasteiger partial charge in [0.15, 0.2) is 11.5 Å². The summed E-state index contributed by atoms with van der Waals surface area (Å²) in [6.07, 6.45) is 0.754. The van der Waals surface area contributed by atoms with Crippen molar-refractivity contribution in [3.8, 4) is 11.5 Å². The van der Waals surface area contributed by atoms with E-state index in [9.17, 15) is 4.79 Å². The summed E-state index contributed by atoms with van der Waals surface area (Å²) in [6.45, 7) is 10.1. The van der Waals surface area contributed by atoms with Crippen LogP contribution < -0.4 is 14.8 Å². The normalized spacial score (nSPS) is 14.8. The number of rotatable bonds is 10. The number of ether oxygens (including phenoxy) is 3. The molecule has 0 fully saturated rings. The number of nitrogens with zero attached hydrogens (tertiary/aromatic N) is 3. The molecule has 1 unspecified atom stereocenters. The van der Waals surface area contributed by atoms with Gasteiger partial charge in [0, 0.05) is 11.4 Å². The minimum Gasteiger partial charge on any atom is -0.493 e. The number of carbonyl (C=O) groups is 1. The van der Waals surface area contributed by atoms with Crippen LogP contribution in [0.15, 0.2) is 58.9 Å². The molecule has 1 atom stereocenters. The van der Waals surface area contributed by atoms with Gasteiger partial charge >= 0.3 is 5.97 Å². The molecule has 0 aliphatic carbocycles. The van der Waals surface area contributed by atoms with Crippen LogP contribution in [0.3, 0.4) is 0 Å². The Morgan fingerprint density at radius 1 is 1.14 bits per heavy atom. The largest absolute Gasteiger partial charge is 0.493 e. The number of hydrogen-bond acceptors (Lipinski definition) is 8. The van der Waals surface area contributed by atoms with Crippen LogP contribution in [0.5, 0.6) is 11.5 Å². The van der Waals surface area contributed by atoms with Crippen molar-refractivity contribution in [3.05, 3.63) is 70.4 Å². The average Bonchev–Trinajstić information content (AvgIpc) is 3.28. The highest BCUT2D eigenvalue weighted by molar-refractivity contribution is 7.99. The number of methoxy groups -OCH3 is 1. The number of fused-ring (bicyclic) bond motifs is 1. The van der Waals surface area contributed by atoms with E-state index in [4.69, 9.17) is 19.3 Å². The predicted molar refractivity (Wildman–Crippen MR) is 145 cm³/mol. The molecule has 1 aliphatic rings. The maximum Gasteiger partial charge on any atom is 0.338 e. The zero-order chi connectivity index (χ0) is 26.5. The first-order valence-corrected chi connectivity index (χ1v) is 13.4. The molecular weight excluding hydrogens is 488 g/mol. The van der Waals surface area contributed by atoms with Gasteiger partial charge in [0.25, 0.3) is 0 Å². The molecule has 1 aliphatic heterocycles. The van der Waals surface area contributed by atoms with Crippen molar-refractivity contribution in [3.63, 3.8) is 0 Å². The van der Waals surface area contributed by atoms with Gasteiger partial charge in [-0.2, -0.15) is 4.98 Å². The second-order valence-electron chi connectivity index (χ2n) is 9.22. The Bertz CT molecular complexity index is 1280.